The minimum atomic E-state index is 0.850. The fraction of sp³-hybridized carbons (Fsp3) is 0.167. The molecule has 0 radical (unpaired) electrons. The molecule has 0 bridgehead atoms. The lowest BCUT2D eigenvalue weighted by atomic mass is 10.2. The molecule has 110 valence electrons. The van der Waals surface area contributed by atoms with Gasteiger partial charge in [0.25, 0.3) is 0 Å². The second-order valence-corrected chi connectivity index (χ2v) is 5.44. The minimum Gasteiger partial charge on any atom is -0.378 e. The summed E-state index contributed by atoms with van der Waals surface area (Å²) < 4.78 is 2.08. The average Bonchev–Trinajstić information content (AvgIpc) is 2.55. The quantitative estimate of drug-likeness (QED) is 0.527. The highest BCUT2D eigenvalue weighted by atomic mass is 15.1. The van der Waals surface area contributed by atoms with Crippen LogP contribution in [0.1, 0.15) is 0 Å². The van der Waals surface area contributed by atoms with Crippen LogP contribution in [0.25, 0.3) is 10.9 Å². The Labute approximate surface area is 130 Å². The zero-order valence-corrected chi connectivity index (χ0v) is 13.1. The number of rotatable bonds is 3. The van der Waals surface area contributed by atoms with Crippen LogP contribution < -0.4 is 9.47 Å². The Balaban J connectivity index is 1.94. The first-order valence-electron chi connectivity index (χ1n) is 7.21. The molecule has 0 aliphatic carbocycles. The zero-order chi connectivity index (χ0) is 15.5. The smallest absolute Gasteiger partial charge is 0.214 e. The minimum absolute atomic E-state index is 0.850. The lowest BCUT2D eigenvalue weighted by Gasteiger charge is -2.11. The van der Waals surface area contributed by atoms with Crippen LogP contribution in [0.4, 0.5) is 17.1 Å². The lowest BCUT2D eigenvalue weighted by molar-refractivity contribution is -0.644. The molecule has 0 aliphatic rings. The first kappa shape index (κ1) is 14.2. The Kier molecular flexibility index (Phi) is 3.83. The van der Waals surface area contributed by atoms with Gasteiger partial charge in [-0.15, -0.1) is 5.11 Å². The number of hydrogen-bond acceptors (Lipinski definition) is 3. The van der Waals surface area contributed by atoms with Crippen molar-refractivity contribution >= 4 is 28.0 Å². The van der Waals surface area contributed by atoms with Gasteiger partial charge in [0, 0.05) is 31.9 Å². The number of pyridine rings is 1. The van der Waals surface area contributed by atoms with Gasteiger partial charge in [0.05, 0.1) is 11.1 Å². The molecule has 4 heteroatoms. The Hall–Kier alpha value is -2.75. The molecule has 0 saturated carbocycles. The van der Waals surface area contributed by atoms with E-state index in [0.29, 0.717) is 0 Å². The molecule has 1 heterocycles. The van der Waals surface area contributed by atoms with Crippen molar-refractivity contribution in [1.82, 2.24) is 0 Å². The highest BCUT2D eigenvalue weighted by Crippen LogP contribution is 2.26. The third-order valence-corrected chi connectivity index (χ3v) is 3.66. The van der Waals surface area contributed by atoms with Crippen molar-refractivity contribution in [2.45, 2.75) is 0 Å². The second kappa shape index (κ2) is 5.93. The number of para-hydroxylation sites is 1. The first-order chi connectivity index (χ1) is 10.6. The first-order valence-corrected chi connectivity index (χ1v) is 7.21. The zero-order valence-electron chi connectivity index (χ0n) is 13.1. The SMILES string of the molecule is CN(C)c1ccc(N=Nc2cc[n+](C)c3ccccc23)cc1. The number of anilines is 1. The van der Waals surface area contributed by atoms with Crippen molar-refractivity contribution in [3.05, 3.63) is 60.8 Å². The maximum Gasteiger partial charge on any atom is 0.214 e. The van der Waals surface area contributed by atoms with E-state index in [1.165, 1.54) is 0 Å². The molecule has 0 unspecified atom stereocenters. The van der Waals surface area contributed by atoms with E-state index < -0.39 is 0 Å². The molecule has 0 spiro atoms. The highest BCUT2D eigenvalue weighted by molar-refractivity contribution is 5.86. The summed E-state index contributed by atoms with van der Waals surface area (Å²) in [4.78, 5) is 2.06. The van der Waals surface area contributed by atoms with Crippen LogP contribution in [0, 0.1) is 0 Å². The van der Waals surface area contributed by atoms with Crippen molar-refractivity contribution in [2.75, 3.05) is 19.0 Å². The molecule has 0 atom stereocenters. The molecule has 0 N–H and O–H groups in total. The van der Waals surface area contributed by atoms with Crippen LogP contribution in [0.3, 0.4) is 0 Å². The summed E-state index contributed by atoms with van der Waals surface area (Å²) in [6, 6.07) is 18.2. The summed E-state index contributed by atoms with van der Waals surface area (Å²) in [5.41, 5.74) is 4.02. The molecular weight excluding hydrogens is 272 g/mol. The van der Waals surface area contributed by atoms with Gasteiger partial charge in [0.2, 0.25) is 5.52 Å². The predicted molar refractivity (Wildman–Crippen MR) is 90.1 cm³/mol. The summed E-state index contributed by atoms with van der Waals surface area (Å²) in [5.74, 6) is 0. The Morgan fingerprint density at radius 2 is 1.59 bits per heavy atom. The second-order valence-electron chi connectivity index (χ2n) is 5.44. The van der Waals surface area contributed by atoms with E-state index in [1.54, 1.807) is 0 Å². The van der Waals surface area contributed by atoms with Gasteiger partial charge in [0.1, 0.15) is 12.7 Å². The summed E-state index contributed by atoms with van der Waals surface area (Å²) in [7, 11) is 6.07. The number of aryl methyl sites for hydroxylation is 1. The molecule has 2 aromatic carbocycles. The van der Waals surface area contributed by atoms with E-state index in [-0.39, 0.29) is 0 Å². The average molecular weight is 291 g/mol. The third-order valence-electron chi connectivity index (χ3n) is 3.66. The van der Waals surface area contributed by atoms with E-state index in [0.717, 1.165) is 28.0 Å². The Bertz CT molecular complexity index is 820. The molecule has 4 nitrogen and oxygen atoms in total. The molecule has 0 amide bonds. The normalized spacial score (nSPS) is 11.2. The summed E-state index contributed by atoms with van der Waals surface area (Å²) >= 11 is 0. The van der Waals surface area contributed by atoms with Crippen molar-refractivity contribution in [3.8, 4) is 0 Å². The molecule has 3 aromatic rings. The highest BCUT2D eigenvalue weighted by Gasteiger charge is 2.08. The van der Waals surface area contributed by atoms with E-state index in [4.69, 9.17) is 0 Å². The summed E-state index contributed by atoms with van der Waals surface area (Å²) in [6.07, 6.45) is 2.01. The van der Waals surface area contributed by atoms with Gasteiger partial charge in [-0.3, -0.25) is 0 Å². The number of fused-ring (bicyclic) bond motifs is 1. The van der Waals surface area contributed by atoms with Crippen LogP contribution in [-0.4, -0.2) is 14.1 Å². The molecule has 0 fully saturated rings. The van der Waals surface area contributed by atoms with Gasteiger partial charge >= 0.3 is 0 Å². The molecule has 1 aromatic heterocycles. The largest absolute Gasteiger partial charge is 0.378 e. The Morgan fingerprint density at radius 3 is 2.32 bits per heavy atom. The van der Waals surface area contributed by atoms with Gasteiger partial charge < -0.3 is 4.90 Å². The standard InChI is InChI=1S/C18H19N4/c1-21(2)15-10-8-14(9-11-15)19-20-17-12-13-22(3)18-7-5-4-6-16(17)18/h4-13H,1-3H3/q+1. The summed E-state index contributed by atoms with van der Waals surface area (Å²) in [6.45, 7) is 0. The molecule has 22 heavy (non-hydrogen) atoms. The Morgan fingerprint density at radius 1 is 0.864 bits per heavy atom. The fourth-order valence-electron chi connectivity index (χ4n) is 2.37. The van der Waals surface area contributed by atoms with Crippen molar-refractivity contribution < 1.29 is 4.57 Å². The maximum absolute atomic E-state index is 4.42. The van der Waals surface area contributed by atoms with Gasteiger partial charge in [-0.05, 0) is 30.3 Å². The maximum atomic E-state index is 4.42. The van der Waals surface area contributed by atoms with Gasteiger partial charge in [-0.2, -0.15) is 5.11 Å². The third kappa shape index (κ3) is 2.81. The predicted octanol–water partition coefficient (Wildman–Crippen LogP) is 4.15. The van der Waals surface area contributed by atoms with E-state index in [1.807, 2.05) is 69.8 Å². The molecular formula is C18H19N4+. The molecule has 0 saturated heterocycles. The van der Waals surface area contributed by atoms with Gasteiger partial charge in [-0.1, -0.05) is 12.1 Å². The van der Waals surface area contributed by atoms with Crippen LogP contribution in [0.15, 0.2) is 71.0 Å². The van der Waals surface area contributed by atoms with E-state index in [2.05, 4.69) is 31.8 Å². The van der Waals surface area contributed by atoms with Crippen LogP contribution in [0.2, 0.25) is 0 Å². The van der Waals surface area contributed by atoms with Crippen LogP contribution >= 0.6 is 0 Å². The van der Waals surface area contributed by atoms with Crippen LogP contribution in [-0.2, 0) is 7.05 Å². The fourth-order valence-corrected chi connectivity index (χ4v) is 2.37. The van der Waals surface area contributed by atoms with Gasteiger partial charge in [0.15, 0.2) is 6.20 Å². The summed E-state index contributed by atoms with van der Waals surface area (Å²) in [5, 5.41) is 9.87. The number of nitrogens with zero attached hydrogens (tertiary/aromatic N) is 4. The lowest BCUT2D eigenvalue weighted by Crippen LogP contribution is -2.27. The number of azo groups is 1. The molecule has 3 rings (SSSR count). The number of benzene rings is 2. The topological polar surface area (TPSA) is 31.8 Å². The van der Waals surface area contributed by atoms with Crippen molar-refractivity contribution in [1.29, 1.82) is 0 Å². The van der Waals surface area contributed by atoms with E-state index in [9.17, 15) is 0 Å². The van der Waals surface area contributed by atoms with Crippen LogP contribution in [0.5, 0.6) is 0 Å². The van der Waals surface area contributed by atoms with Gasteiger partial charge in [-0.25, -0.2) is 4.57 Å². The number of hydrogen-bond donors (Lipinski definition) is 0. The van der Waals surface area contributed by atoms with Crippen molar-refractivity contribution in [2.24, 2.45) is 17.3 Å². The molecule has 0 aliphatic heterocycles. The van der Waals surface area contributed by atoms with Crippen molar-refractivity contribution in [3.63, 3.8) is 0 Å². The number of aromatic nitrogens is 1. The monoisotopic (exact) mass is 291 g/mol. The van der Waals surface area contributed by atoms with E-state index >= 15 is 0 Å².